The molecule has 1 aliphatic carbocycles. The first-order chi connectivity index (χ1) is 6.83. The fraction of sp³-hybridized carbons (Fsp3) is 0.818. The average Bonchev–Trinajstić information content (AvgIpc) is 2.61. The molecule has 1 unspecified atom stereocenters. The highest BCUT2D eigenvalue weighted by Crippen LogP contribution is 2.29. The molecule has 1 saturated carbocycles. The number of likely N-dealkylation sites (tertiary alicyclic amines) is 1. The number of hydrogen-bond acceptors (Lipinski definition) is 2. The molecule has 3 heteroatoms. The van der Waals surface area contributed by atoms with Crippen molar-refractivity contribution < 1.29 is 9.59 Å². The lowest BCUT2D eigenvalue weighted by atomic mass is 9.94. The maximum Gasteiger partial charge on any atom is 0.223 e. The number of carbonyl (C=O) groups is 2. The molecule has 78 valence electrons. The number of hydrogen-bond donors (Lipinski definition) is 0. The summed E-state index contributed by atoms with van der Waals surface area (Å²) in [6, 6.07) is 0.236. The number of aldehydes is 1. The van der Waals surface area contributed by atoms with Gasteiger partial charge in [0.05, 0.1) is 6.04 Å². The highest BCUT2D eigenvalue weighted by molar-refractivity contribution is 5.83. The lowest BCUT2D eigenvalue weighted by molar-refractivity contribution is -0.134. The van der Waals surface area contributed by atoms with Crippen LogP contribution in [0.2, 0.25) is 0 Å². The van der Waals surface area contributed by atoms with Gasteiger partial charge in [-0.1, -0.05) is 19.3 Å². The van der Waals surface area contributed by atoms with Gasteiger partial charge >= 0.3 is 0 Å². The van der Waals surface area contributed by atoms with Crippen LogP contribution in [0.15, 0.2) is 0 Å². The van der Waals surface area contributed by atoms with Gasteiger partial charge in [-0.2, -0.15) is 0 Å². The first kappa shape index (κ1) is 9.69. The molecule has 0 bridgehead atoms. The quantitative estimate of drug-likeness (QED) is 0.626. The lowest BCUT2D eigenvalue weighted by Crippen LogP contribution is -2.43. The van der Waals surface area contributed by atoms with Crippen LogP contribution in [0.5, 0.6) is 0 Å². The molecular weight excluding hydrogens is 178 g/mol. The maximum atomic E-state index is 11.6. The zero-order valence-electron chi connectivity index (χ0n) is 8.45. The summed E-state index contributed by atoms with van der Waals surface area (Å²) in [7, 11) is 0. The van der Waals surface area contributed by atoms with Crippen LogP contribution in [0.3, 0.4) is 0 Å². The van der Waals surface area contributed by atoms with E-state index in [0.29, 0.717) is 12.5 Å². The van der Waals surface area contributed by atoms with Gasteiger partial charge in [-0.3, -0.25) is 4.79 Å². The molecule has 1 saturated heterocycles. The minimum Gasteiger partial charge on any atom is -0.330 e. The first-order valence-corrected chi connectivity index (χ1v) is 5.59. The van der Waals surface area contributed by atoms with Crippen LogP contribution in [-0.2, 0) is 9.59 Å². The molecule has 1 aliphatic heterocycles. The van der Waals surface area contributed by atoms with E-state index in [0.717, 1.165) is 25.5 Å². The molecule has 0 spiro atoms. The summed E-state index contributed by atoms with van der Waals surface area (Å²) >= 11 is 0. The normalized spacial score (nSPS) is 29.6. The van der Waals surface area contributed by atoms with Crippen LogP contribution in [0.1, 0.15) is 44.9 Å². The summed E-state index contributed by atoms with van der Waals surface area (Å²) in [6.07, 6.45) is 8.13. The predicted molar refractivity (Wildman–Crippen MR) is 52.8 cm³/mol. The van der Waals surface area contributed by atoms with E-state index < -0.39 is 0 Å². The molecule has 2 fully saturated rings. The summed E-state index contributed by atoms with van der Waals surface area (Å²) in [5, 5.41) is 0. The van der Waals surface area contributed by atoms with Gasteiger partial charge in [0.1, 0.15) is 6.29 Å². The second-order valence-electron chi connectivity index (χ2n) is 4.33. The third-order valence-electron chi connectivity index (χ3n) is 3.42. The van der Waals surface area contributed by atoms with Crippen LogP contribution in [0.4, 0.5) is 0 Å². The van der Waals surface area contributed by atoms with Crippen molar-refractivity contribution in [2.45, 2.75) is 57.0 Å². The van der Waals surface area contributed by atoms with Crippen molar-refractivity contribution in [3.05, 3.63) is 0 Å². The van der Waals surface area contributed by atoms with Gasteiger partial charge in [0.25, 0.3) is 0 Å². The standard InChI is InChI=1S/C11H17NO2/c13-8-10-6-7-11(14)12(10)9-4-2-1-3-5-9/h8-10H,1-7H2. The Bertz CT molecular complexity index is 233. The second-order valence-corrected chi connectivity index (χ2v) is 4.33. The average molecular weight is 195 g/mol. The summed E-state index contributed by atoms with van der Waals surface area (Å²) in [5.41, 5.74) is 0. The van der Waals surface area contributed by atoms with Gasteiger partial charge in [0.2, 0.25) is 5.91 Å². The molecule has 14 heavy (non-hydrogen) atoms. The van der Waals surface area contributed by atoms with E-state index in [2.05, 4.69) is 0 Å². The second kappa shape index (κ2) is 4.11. The predicted octanol–water partition coefficient (Wildman–Crippen LogP) is 1.51. The summed E-state index contributed by atoms with van der Waals surface area (Å²) in [6.45, 7) is 0. The van der Waals surface area contributed by atoms with Gasteiger partial charge in [-0.15, -0.1) is 0 Å². The van der Waals surface area contributed by atoms with E-state index in [4.69, 9.17) is 0 Å². The van der Waals surface area contributed by atoms with E-state index in [-0.39, 0.29) is 11.9 Å². The van der Waals surface area contributed by atoms with Crippen molar-refractivity contribution in [3.63, 3.8) is 0 Å². The molecule has 1 heterocycles. The highest BCUT2D eigenvalue weighted by Gasteiger charge is 2.36. The SMILES string of the molecule is O=CC1CCC(=O)N1C1CCCCC1. The molecule has 0 radical (unpaired) electrons. The van der Waals surface area contributed by atoms with E-state index in [1.54, 1.807) is 0 Å². The van der Waals surface area contributed by atoms with Crippen molar-refractivity contribution in [1.29, 1.82) is 0 Å². The molecular formula is C11H17NO2. The molecule has 0 N–H and O–H groups in total. The Morgan fingerprint density at radius 1 is 1.14 bits per heavy atom. The van der Waals surface area contributed by atoms with E-state index in [1.807, 2.05) is 4.90 Å². The van der Waals surface area contributed by atoms with Gasteiger partial charge in [0.15, 0.2) is 0 Å². The molecule has 1 amide bonds. The summed E-state index contributed by atoms with van der Waals surface area (Å²) < 4.78 is 0. The van der Waals surface area contributed by atoms with Crippen molar-refractivity contribution in [3.8, 4) is 0 Å². The smallest absolute Gasteiger partial charge is 0.223 e. The molecule has 1 atom stereocenters. The Labute approximate surface area is 84.5 Å². The number of rotatable bonds is 2. The Kier molecular flexibility index (Phi) is 2.85. The number of nitrogens with zero attached hydrogens (tertiary/aromatic N) is 1. The summed E-state index contributed by atoms with van der Waals surface area (Å²) in [4.78, 5) is 24.3. The molecule has 0 aromatic rings. The van der Waals surface area contributed by atoms with E-state index >= 15 is 0 Å². The van der Waals surface area contributed by atoms with Crippen LogP contribution in [0, 0.1) is 0 Å². The number of amides is 1. The van der Waals surface area contributed by atoms with Gasteiger partial charge in [-0.05, 0) is 19.3 Å². The van der Waals surface area contributed by atoms with Crippen LogP contribution in [0.25, 0.3) is 0 Å². The summed E-state index contributed by atoms with van der Waals surface area (Å²) in [5.74, 6) is 0.189. The maximum absolute atomic E-state index is 11.6. The first-order valence-electron chi connectivity index (χ1n) is 5.59. The fourth-order valence-corrected chi connectivity index (χ4v) is 2.69. The molecule has 0 aromatic heterocycles. The van der Waals surface area contributed by atoms with E-state index in [1.165, 1.54) is 19.3 Å². The molecule has 2 rings (SSSR count). The van der Waals surface area contributed by atoms with Crippen molar-refractivity contribution >= 4 is 12.2 Å². The zero-order chi connectivity index (χ0) is 9.97. The Balaban J connectivity index is 2.05. The molecule has 0 aromatic carbocycles. The van der Waals surface area contributed by atoms with Gasteiger partial charge in [-0.25, -0.2) is 0 Å². The minimum absolute atomic E-state index is 0.120. The topological polar surface area (TPSA) is 37.4 Å². The van der Waals surface area contributed by atoms with Gasteiger partial charge in [0, 0.05) is 12.5 Å². The van der Waals surface area contributed by atoms with E-state index in [9.17, 15) is 9.59 Å². The third kappa shape index (κ3) is 1.68. The fourth-order valence-electron chi connectivity index (χ4n) is 2.69. The monoisotopic (exact) mass is 195 g/mol. The van der Waals surface area contributed by atoms with Crippen molar-refractivity contribution in [2.24, 2.45) is 0 Å². The largest absolute Gasteiger partial charge is 0.330 e. The minimum atomic E-state index is -0.120. The Hall–Kier alpha value is -0.860. The Morgan fingerprint density at radius 3 is 2.50 bits per heavy atom. The number of carbonyl (C=O) groups excluding carboxylic acids is 2. The van der Waals surface area contributed by atoms with Crippen LogP contribution < -0.4 is 0 Å². The van der Waals surface area contributed by atoms with Gasteiger partial charge < -0.3 is 9.69 Å². The van der Waals surface area contributed by atoms with Crippen LogP contribution in [-0.4, -0.2) is 29.2 Å². The zero-order valence-corrected chi connectivity index (χ0v) is 8.45. The van der Waals surface area contributed by atoms with Crippen molar-refractivity contribution in [1.82, 2.24) is 4.90 Å². The van der Waals surface area contributed by atoms with Crippen LogP contribution >= 0.6 is 0 Å². The molecule has 2 aliphatic rings. The Morgan fingerprint density at radius 2 is 1.86 bits per heavy atom. The molecule has 3 nitrogen and oxygen atoms in total. The lowest BCUT2D eigenvalue weighted by Gasteiger charge is -2.33. The third-order valence-corrected chi connectivity index (χ3v) is 3.42. The highest BCUT2D eigenvalue weighted by atomic mass is 16.2. The van der Waals surface area contributed by atoms with Crippen molar-refractivity contribution in [2.75, 3.05) is 0 Å².